The number of hydrogen-bond acceptors (Lipinski definition) is 7. The van der Waals surface area contributed by atoms with Crippen molar-refractivity contribution < 1.29 is 17.9 Å². The standard InChI is InChI=1S/C14H21N5O4S/c1-22-12-7-10-11(8-13(12)23-2)17-9-18-14(10)16-5-3-4-6-19-24(15,20)21/h7-9,19H,3-6H2,1-2H3,(H2,15,20,21)(H,16,17,18). The maximum atomic E-state index is 10.8. The smallest absolute Gasteiger partial charge is 0.274 e. The van der Waals surface area contributed by atoms with E-state index in [1.54, 1.807) is 20.3 Å². The number of unbranched alkanes of at least 4 members (excludes halogenated alkanes) is 1. The first-order chi connectivity index (χ1) is 11.4. The number of hydrogen-bond donors (Lipinski definition) is 3. The van der Waals surface area contributed by atoms with Crippen LogP contribution >= 0.6 is 0 Å². The molecule has 0 saturated heterocycles. The Kier molecular flexibility index (Phi) is 6.12. The lowest BCUT2D eigenvalue weighted by Gasteiger charge is -2.12. The first-order valence-electron chi connectivity index (χ1n) is 7.32. The molecule has 2 aromatic rings. The van der Waals surface area contributed by atoms with Crippen LogP contribution in [0.4, 0.5) is 5.82 Å². The third kappa shape index (κ3) is 4.91. The van der Waals surface area contributed by atoms with Crippen molar-refractivity contribution in [3.8, 4) is 11.5 Å². The van der Waals surface area contributed by atoms with Crippen molar-refractivity contribution in [1.82, 2.24) is 14.7 Å². The molecule has 0 aliphatic heterocycles. The van der Waals surface area contributed by atoms with E-state index < -0.39 is 10.2 Å². The summed E-state index contributed by atoms with van der Waals surface area (Å²) in [4.78, 5) is 8.48. The van der Waals surface area contributed by atoms with Gasteiger partial charge in [0.05, 0.1) is 19.7 Å². The van der Waals surface area contributed by atoms with E-state index in [4.69, 9.17) is 14.6 Å². The summed E-state index contributed by atoms with van der Waals surface area (Å²) in [6, 6.07) is 3.61. The predicted octanol–water partition coefficient (Wildman–Crippen LogP) is 0.632. The maximum absolute atomic E-state index is 10.8. The van der Waals surface area contributed by atoms with Crippen LogP contribution in [0.15, 0.2) is 18.5 Å². The van der Waals surface area contributed by atoms with Crippen LogP contribution in [0, 0.1) is 0 Å². The van der Waals surface area contributed by atoms with Gasteiger partial charge in [0.15, 0.2) is 11.5 Å². The number of nitrogens with one attached hydrogen (secondary N) is 2. The first-order valence-corrected chi connectivity index (χ1v) is 8.87. The van der Waals surface area contributed by atoms with Gasteiger partial charge in [-0.2, -0.15) is 8.42 Å². The molecular formula is C14H21N5O4S. The fraction of sp³-hybridized carbons (Fsp3) is 0.429. The van der Waals surface area contributed by atoms with Gasteiger partial charge >= 0.3 is 0 Å². The Bertz CT molecular complexity index is 797. The molecule has 24 heavy (non-hydrogen) atoms. The van der Waals surface area contributed by atoms with Crippen LogP contribution in [0.1, 0.15) is 12.8 Å². The van der Waals surface area contributed by atoms with Gasteiger partial charge in [0.2, 0.25) is 0 Å². The number of rotatable bonds is 9. The van der Waals surface area contributed by atoms with E-state index in [0.29, 0.717) is 36.8 Å². The van der Waals surface area contributed by atoms with Gasteiger partial charge in [0.25, 0.3) is 10.2 Å². The predicted molar refractivity (Wildman–Crippen MR) is 91.5 cm³/mol. The molecule has 0 spiro atoms. The van der Waals surface area contributed by atoms with E-state index >= 15 is 0 Å². The minimum Gasteiger partial charge on any atom is -0.493 e. The molecule has 1 heterocycles. The minimum atomic E-state index is -3.62. The number of anilines is 1. The van der Waals surface area contributed by atoms with Gasteiger partial charge in [-0.25, -0.2) is 19.8 Å². The third-order valence-electron chi connectivity index (χ3n) is 3.34. The zero-order chi connectivity index (χ0) is 17.6. The van der Waals surface area contributed by atoms with Crippen molar-refractivity contribution in [3.05, 3.63) is 18.5 Å². The third-order valence-corrected chi connectivity index (χ3v) is 3.95. The van der Waals surface area contributed by atoms with Gasteiger partial charge in [-0.05, 0) is 18.9 Å². The highest BCUT2D eigenvalue weighted by molar-refractivity contribution is 7.87. The molecule has 0 amide bonds. The molecule has 2 rings (SSSR count). The molecule has 0 aliphatic carbocycles. The molecule has 0 atom stereocenters. The van der Waals surface area contributed by atoms with E-state index in [1.165, 1.54) is 6.33 Å². The van der Waals surface area contributed by atoms with Crippen molar-refractivity contribution in [1.29, 1.82) is 0 Å². The van der Waals surface area contributed by atoms with Gasteiger partial charge in [-0.3, -0.25) is 0 Å². The Balaban J connectivity index is 2.01. The second kappa shape index (κ2) is 8.08. The lowest BCUT2D eigenvalue weighted by Crippen LogP contribution is -2.31. The molecule has 4 N–H and O–H groups in total. The van der Waals surface area contributed by atoms with Crippen molar-refractivity contribution in [2.45, 2.75) is 12.8 Å². The van der Waals surface area contributed by atoms with E-state index in [-0.39, 0.29) is 0 Å². The monoisotopic (exact) mass is 355 g/mol. The van der Waals surface area contributed by atoms with Crippen LogP contribution in [0.2, 0.25) is 0 Å². The Morgan fingerprint density at radius 2 is 1.75 bits per heavy atom. The number of benzene rings is 1. The van der Waals surface area contributed by atoms with Gasteiger partial charge in [0, 0.05) is 24.5 Å². The summed E-state index contributed by atoms with van der Waals surface area (Å²) in [6.45, 7) is 0.933. The number of aromatic nitrogens is 2. The number of nitrogens with two attached hydrogens (primary N) is 1. The molecule has 132 valence electrons. The Morgan fingerprint density at radius 3 is 2.42 bits per heavy atom. The number of ether oxygens (including phenoxy) is 2. The molecule has 9 nitrogen and oxygen atoms in total. The molecular weight excluding hydrogens is 334 g/mol. The minimum absolute atomic E-state index is 0.302. The van der Waals surface area contributed by atoms with Crippen LogP contribution < -0.4 is 24.7 Å². The average Bonchev–Trinajstić information content (AvgIpc) is 2.55. The molecule has 0 bridgehead atoms. The molecule has 0 unspecified atom stereocenters. The fourth-order valence-electron chi connectivity index (χ4n) is 2.20. The lowest BCUT2D eigenvalue weighted by atomic mass is 10.2. The van der Waals surface area contributed by atoms with E-state index in [9.17, 15) is 8.42 Å². The fourth-order valence-corrected chi connectivity index (χ4v) is 2.62. The quantitative estimate of drug-likeness (QED) is 0.563. The molecule has 0 saturated carbocycles. The van der Waals surface area contributed by atoms with Crippen LogP contribution in [-0.4, -0.2) is 45.7 Å². The summed E-state index contributed by atoms with van der Waals surface area (Å²) in [6.07, 6.45) is 2.88. The summed E-state index contributed by atoms with van der Waals surface area (Å²) in [5.41, 5.74) is 0.737. The summed E-state index contributed by atoms with van der Waals surface area (Å²) in [5.74, 6) is 1.88. The highest BCUT2D eigenvalue weighted by atomic mass is 32.2. The van der Waals surface area contributed by atoms with E-state index in [0.717, 1.165) is 17.3 Å². The molecule has 1 aromatic heterocycles. The molecule has 0 radical (unpaired) electrons. The van der Waals surface area contributed by atoms with Crippen LogP contribution in [0.25, 0.3) is 10.9 Å². The van der Waals surface area contributed by atoms with Crippen molar-refractivity contribution in [2.75, 3.05) is 32.6 Å². The molecule has 0 aliphatic rings. The first kappa shape index (κ1) is 18.2. The van der Waals surface area contributed by atoms with E-state index in [2.05, 4.69) is 20.0 Å². The van der Waals surface area contributed by atoms with Gasteiger partial charge in [-0.1, -0.05) is 0 Å². The van der Waals surface area contributed by atoms with Crippen LogP contribution in [-0.2, 0) is 10.2 Å². The highest BCUT2D eigenvalue weighted by Crippen LogP contribution is 2.33. The van der Waals surface area contributed by atoms with E-state index in [1.807, 2.05) is 6.07 Å². The second-order valence-electron chi connectivity index (χ2n) is 5.02. The maximum Gasteiger partial charge on any atom is 0.274 e. The molecule has 1 aromatic carbocycles. The summed E-state index contributed by atoms with van der Waals surface area (Å²) in [5, 5.41) is 8.90. The summed E-state index contributed by atoms with van der Waals surface area (Å²) in [7, 11) is -0.486. The molecule has 0 fully saturated rings. The normalized spacial score (nSPS) is 11.5. The topological polar surface area (TPSA) is 128 Å². The zero-order valence-corrected chi connectivity index (χ0v) is 14.4. The van der Waals surface area contributed by atoms with Crippen LogP contribution in [0.5, 0.6) is 11.5 Å². The average molecular weight is 355 g/mol. The van der Waals surface area contributed by atoms with Crippen molar-refractivity contribution >= 4 is 26.9 Å². The number of methoxy groups -OCH3 is 2. The second-order valence-corrected chi connectivity index (χ2v) is 6.40. The van der Waals surface area contributed by atoms with Gasteiger partial charge in [-0.15, -0.1) is 0 Å². The van der Waals surface area contributed by atoms with Gasteiger partial charge in [0.1, 0.15) is 12.1 Å². The SMILES string of the molecule is COc1cc2ncnc(NCCCCNS(N)(=O)=O)c2cc1OC. The highest BCUT2D eigenvalue weighted by Gasteiger charge is 2.10. The Labute approximate surface area is 140 Å². The zero-order valence-electron chi connectivity index (χ0n) is 13.6. The lowest BCUT2D eigenvalue weighted by molar-refractivity contribution is 0.356. The Hall–Kier alpha value is -2.17. The number of fused-ring (bicyclic) bond motifs is 1. The van der Waals surface area contributed by atoms with Crippen molar-refractivity contribution in [2.24, 2.45) is 5.14 Å². The van der Waals surface area contributed by atoms with Crippen LogP contribution in [0.3, 0.4) is 0 Å². The number of nitrogens with zero attached hydrogens (tertiary/aromatic N) is 2. The van der Waals surface area contributed by atoms with Crippen molar-refractivity contribution in [3.63, 3.8) is 0 Å². The Morgan fingerprint density at radius 1 is 1.08 bits per heavy atom. The summed E-state index contributed by atoms with van der Waals surface area (Å²) < 4.78 is 34.3. The largest absolute Gasteiger partial charge is 0.493 e. The molecule has 10 heteroatoms. The summed E-state index contributed by atoms with van der Waals surface area (Å²) >= 11 is 0. The van der Waals surface area contributed by atoms with Gasteiger partial charge < -0.3 is 14.8 Å².